The Balaban J connectivity index is 1.37. The number of nitrogens with zero attached hydrogens (tertiary/aromatic N) is 4. The van der Waals surface area contributed by atoms with Crippen molar-refractivity contribution in [3.8, 4) is 6.07 Å². The first-order chi connectivity index (χ1) is 15.9. The number of aromatic nitrogens is 1. The molecule has 3 aromatic rings. The first-order valence-corrected chi connectivity index (χ1v) is 11.0. The van der Waals surface area contributed by atoms with E-state index in [0.717, 1.165) is 0 Å². The first-order valence-electron chi connectivity index (χ1n) is 10.2. The minimum Gasteiger partial charge on any atom is -0.352 e. The molecular weight excluding hydrogens is 461 g/mol. The van der Waals surface area contributed by atoms with Crippen molar-refractivity contribution in [3.05, 3.63) is 87.5 Å². The van der Waals surface area contributed by atoms with Gasteiger partial charge in [0.1, 0.15) is 11.9 Å². The Morgan fingerprint density at radius 2 is 1.61 bits per heavy atom. The number of rotatable bonds is 4. The summed E-state index contributed by atoms with van der Waals surface area (Å²) < 4.78 is 0. The second-order valence-corrected chi connectivity index (χ2v) is 8.33. The van der Waals surface area contributed by atoms with Gasteiger partial charge in [0.25, 0.3) is 11.8 Å². The van der Waals surface area contributed by atoms with Gasteiger partial charge >= 0.3 is 0 Å². The molecule has 2 aromatic carbocycles. The van der Waals surface area contributed by atoms with Gasteiger partial charge in [-0.25, -0.2) is 4.98 Å². The van der Waals surface area contributed by atoms with Crippen LogP contribution < -0.4 is 10.2 Å². The van der Waals surface area contributed by atoms with Crippen LogP contribution in [0.15, 0.2) is 60.8 Å². The predicted molar refractivity (Wildman–Crippen MR) is 128 cm³/mol. The SMILES string of the molecule is N#Cc1cccnc1N1CCN(C(=O)c2ccc(NC(=O)c3cc(Cl)cc(Cl)c3)cc2)CC1. The number of nitriles is 1. The lowest BCUT2D eigenvalue weighted by Gasteiger charge is -2.35. The fraction of sp³-hybridized carbons (Fsp3) is 0.167. The van der Waals surface area contributed by atoms with Gasteiger partial charge in [-0.05, 0) is 54.6 Å². The van der Waals surface area contributed by atoms with Crippen LogP contribution in [0.2, 0.25) is 10.0 Å². The average molecular weight is 480 g/mol. The molecule has 166 valence electrons. The zero-order valence-corrected chi connectivity index (χ0v) is 19.0. The third-order valence-corrected chi connectivity index (χ3v) is 5.72. The topological polar surface area (TPSA) is 89.3 Å². The highest BCUT2D eigenvalue weighted by Crippen LogP contribution is 2.21. The molecule has 1 aliphatic heterocycles. The Bertz CT molecular complexity index is 1210. The molecule has 9 heteroatoms. The Hall–Kier alpha value is -3.60. The van der Waals surface area contributed by atoms with Crippen LogP contribution in [0, 0.1) is 11.3 Å². The molecule has 2 heterocycles. The van der Waals surface area contributed by atoms with Gasteiger partial charge in [-0.2, -0.15) is 5.26 Å². The minimum absolute atomic E-state index is 0.0873. The van der Waals surface area contributed by atoms with Crippen molar-refractivity contribution < 1.29 is 9.59 Å². The summed E-state index contributed by atoms with van der Waals surface area (Å²) in [6.07, 6.45) is 1.66. The van der Waals surface area contributed by atoms with Gasteiger partial charge in [0, 0.05) is 59.2 Å². The van der Waals surface area contributed by atoms with E-state index in [4.69, 9.17) is 23.2 Å². The molecule has 7 nitrogen and oxygen atoms in total. The molecule has 2 amide bonds. The Morgan fingerprint density at radius 3 is 2.24 bits per heavy atom. The molecule has 4 rings (SSSR count). The van der Waals surface area contributed by atoms with Crippen LogP contribution in [0.25, 0.3) is 0 Å². The molecule has 0 radical (unpaired) electrons. The molecule has 1 saturated heterocycles. The summed E-state index contributed by atoms with van der Waals surface area (Å²) in [5, 5.41) is 12.8. The van der Waals surface area contributed by atoms with E-state index in [9.17, 15) is 14.9 Å². The molecule has 0 aliphatic carbocycles. The van der Waals surface area contributed by atoms with Crippen molar-refractivity contribution in [3.63, 3.8) is 0 Å². The number of carbonyl (C=O) groups excluding carboxylic acids is 2. The number of carbonyl (C=O) groups is 2. The highest BCUT2D eigenvalue weighted by Gasteiger charge is 2.24. The third-order valence-electron chi connectivity index (χ3n) is 5.29. The summed E-state index contributed by atoms with van der Waals surface area (Å²) in [7, 11) is 0. The number of hydrogen-bond acceptors (Lipinski definition) is 5. The molecular formula is C24H19Cl2N5O2. The van der Waals surface area contributed by atoms with Crippen LogP contribution in [0.4, 0.5) is 11.5 Å². The van der Waals surface area contributed by atoms with Crippen molar-refractivity contribution in [2.24, 2.45) is 0 Å². The molecule has 0 saturated carbocycles. The fourth-order valence-electron chi connectivity index (χ4n) is 3.62. The number of piperazine rings is 1. The normalized spacial score (nSPS) is 13.4. The van der Waals surface area contributed by atoms with Crippen molar-refractivity contribution in [1.29, 1.82) is 5.26 Å². The van der Waals surface area contributed by atoms with Gasteiger partial charge in [0.05, 0.1) is 5.56 Å². The van der Waals surface area contributed by atoms with E-state index in [-0.39, 0.29) is 11.8 Å². The van der Waals surface area contributed by atoms with Gasteiger partial charge in [0.15, 0.2) is 0 Å². The molecule has 1 aromatic heterocycles. The molecule has 33 heavy (non-hydrogen) atoms. The number of halogens is 2. The van der Waals surface area contributed by atoms with Crippen molar-refractivity contribution in [1.82, 2.24) is 9.88 Å². The standard InChI is InChI=1S/C24H19Cl2N5O2/c25-19-12-18(13-20(26)14-19)23(32)29-21-5-3-16(4-6-21)24(33)31-10-8-30(9-11-31)22-17(15-27)2-1-7-28-22/h1-7,12-14H,8-11H2,(H,29,32). The first kappa shape index (κ1) is 22.6. The van der Waals surface area contributed by atoms with Crippen LogP contribution >= 0.6 is 23.2 Å². The van der Waals surface area contributed by atoms with E-state index in [1.165, 1.54) is 12.1 Å². The van der Waals surface area contributed by atoms with E-state index >= 15 is 0 Å². The van der Waals surface area contributed by atoms with Crippen LogP contribution in [0.1, 0.15) is 26.3 Å². The van der Waals surface area contributed by atoms with Gasteiger partial charge in [-0.1, -0.05) is 23.2 Å². The molecule has 0 atom stereocenters. The van der Waals surface area contributed by atoms with Crippen LogP contribution in [0.3, 0.4) is 0 Å². The molecule has 1 aliphatic rings. The van der Waals surface area contributed by atoms with E-state index in [2.05, 4.69) is 16.4 Å². The van der Waals surface area contributed by atoms with E-state index in [1.807, 2.05) is 4.90 Å². The second-order valence-electron chi connectivity index (χ2n) is 7.46. The van der Waals surface area contributed by atoms with Gasteiger partial charge in [0.2, 0.25) is 0 Å². The highest BCUT2D eigenvalue weighted by atomic mass is 35.5. The zero-order valence-electron chi connectivity index (χ0n) is 17.5. The molecule has 1 fully saturated rings. The maximum Gasteiger partial charge on any atom is 0.255 e. The molecule has 0 bridgehead atoms. The largest absolute Gasteiger partial charge is 0.352 e. The van der Waals surface area contributed by atoms with Gasteiger partial charge < -0.3 is 15.1 Å². The van der Waals surface area contributed by atoms with Crippen molar-refractivity contribution in [2.45, 2.75) is 0 Å². The number of amides is 2. The lowest BCUT2D eigenvalue weighted by Crippen LogP contribution is -2.49. The maximum absolute atomic E-state index is 12.9. The van der Waals surface area contributed by atoms with Crippen LogP contribution in [0.5, 0.6) is 0 Å². The number of nitrogens with one attached hydrogen (secondary N) is 1. The van der Waals surface area contributed by atoms with E-state index in [1.54, 1.807) is 53.6 Å². The zero-order chi connectivity index (χ0) is 23.4. The summed E-state index contributed by atoms with van der Waals surface area (Å²) in [5.41, 5.74) is 1.95. The summed E-state index contributed by atoms with van der Waals surface area (Å²) in [6.45, 7) is 2.23. The third kappa shape index (κ3) is 5.25. The number of pyridine rings is 1. The number of benzene rings is 2. The van der Waals surface area contributed by atoms with Crippen LogP contribution in [-0.4, -0.2) is 47.9 Å². The van der Waals surface area contributed by atoms with Crippen molar-refractivity contribution >= 4 is 46.5 Å². The molecule has 1 N–H and O–H groups in total. The van der Waals surface area contributed by atoms with Crippen LogP contribution in [-0.2, 0) is 0 Å². The smallest absolute Gasteiger partial charge is 0.255 e. The Morgan fingerprint density at radius 1 is 0.939 bits per heavy atom. The predicted octanol–water partition coefficient (Wildman–Crippen LogP) is 4.47. The number of anilines is 2. The van der Waals surface area contributed by atoms with E-state index in [0.29, 0.717) is 64.4 Å². The Kier molecular flexibility index (Phi) is 6.78. The average Bonchev–Trinajstić information content (AvgIpc) is 2.83. The number of hydrogen-bond donors (Lipinski definition) is 1. The van der Waals surface area contributed by atoms with Gasteiger partial charge in [-0.15, -0.1) is 0 Å². The van der Waals surface area contributed by atoms with Gasteiger partial charge in [-0.3, -0.25) is 9.59 Å². The lowest BCUT2D eigenvalue weighted by molar-refractivity contribution is 0.0746. The highest BCUT2D eigenvalue weighted by molar-refractivity contribution is 6.35. The summed E-state index contributed by atoms with van der Waals surface area (Å²) in [5.74, 6) is 0.213. The monoisotopic (exact) mass is 479 g/mol. The summed E-state index contributed by atoms with van der Waals surface area (Å²) in [4.78, 5) is 33.5. The second kappa shape index (κ2) is 9.90. The maximum atomic E-state index is 12.9. The summed E-state index contributed by atoms with van der Waals surface area (Å²) in [6, 6.07) is 17.0. The fourth-order valence-corrected chi connectivity index (χ4v) is 4.15. The Labute approximate surface area is 201 Å². The summed E-state index contributed by atoms with van der Waals surface area (Å²) >= 11 is 11.9. The van der Waals surface area contributed by atoms with Crippen molar-refractivity contribution in [2.75, 3.05) is 36.4 Å². The van der Waals surface area contributed by atoms with E-state index < -0.39 is 0 Å². The molecule has 0 unspecified atom stereocenters. The molecule has 0 spiro atoms. The minimum atomic E-state index is -0.346. The quantitative estimate of drug-likeness (QED) is 0.595. The lowest BCUT2D eigenvalue weighted by atomic mass is 10.1.